The number of nitrogens with one attached hydrogen (secondary N) is 1. The number of benzene rings is 2. The molecule has 2 aromatic carbocycles. The van der Waals surface area contributed by atoms with Crippen molar-refractivity contribution in [3.05, 3.63) is 70.7 Å². The summed E-state index contributed by atoms with van der Waals surface area (Å²) in [5, 5.41) is 3.51. The minimum atomic E-state index is -0.658. The van der Waals surface area contributed by atoms with Crippen LogP contribution >= 0.6 is 11.6 Å². The zero-order valence-electron chi connectivity index (χ0n) is 17.3. The molecule has 0 bridgehead atoms. The van der Waals surface area contributed by atoms with Gasteiger partial charge in [0.15, 0.2) is 6.29 Å². The zero-order valence-corrected chi connectivity index (χ0v) is 18.1. The molecule has 2 heterocycles. The molecule has 0 aromatic heterocycles. The predicted octanol–water partition coefficient (Wildman–Crippen LogP) is 3.29. The van der Waals surface area contributed by atoms with Gasteiger partial charge in [-0.2, -0.15) is 0 Å². The van der Waals surface area contributed by atoms with Gasteiger partial charge in [0.05, 0.1) is 13.2 Å². The van der Waals surface area contributed by atoms with Crippen LogP contribution in [0.3, 0.4) is 0 Å². The summed E-state index contributed by atoms with van der Waals surface area (Å²) in [6.07, 6.45) is 2.04. The molecular formula is C24H27ClN2O4. The quantitative estimate of drug-likeness (QED) is 0.745. The van der Waals surface area contributed by atoms with Crippen molar-refractivity contribution in [1.29, 1.82) is 0 Å². The van der Waals surface area contributed by atoms with E-state index < -0.39 is 6.04 Å². The number of nitrogens with zero attached hydrogens (tertiary/aromatic N) is 1. The van der Waals surface area contributed by atoms with Gasteiger partial charge in [0.1, 0.15) is 6.04 Å². The van der Waals surface area contributed by atoms with Crippen molar-refractivity contribution in [2.24, 2.45) is 5.92 Å². The summed E-state index contributed by atoms with van der Waals surface area (Å²) in [4.78, 5) is 28.2. The fourth-order valence-electron chi connectivity index (χ4n) is 4.19. The second kappa shape index (κ2) is 10.3. The van der Waals surface area contributed by atoms with Gasteiger partial charge in [0.2, 0.25) is 5.91 Å². The number of likely N-dealkylation sites (tertiary alicyclic amines) is 1. The molecule has 4 rings (SSSR count). The highest BCUT2D eigenvalue weighted by molar-refractivity contribution is 6.30. The standard InChI is InChI=1S/C24H27ClN2O4/c25-20-10-8-18(9-11-20)22(28)26-21(15-17-5-2-1-3-6-17)23(29)27-12-4-7-19(16-27)24-30-13-14-31-24/h1-3,5-6,8-11,19,21,24H,4,7,12-16H2,(H,26,28). The topological polar surface area (TPSA) is 67.9 Å². The van der Waals surface area contributed by atoms with Crippen molar-refractivity contribution in [3.8, 4) is 0 Å². The fourth-order valence-corrected chi connectivity index (χ4v) is 4.32. The van der Waals surface area contributed by atoms with Crippen molar-refractivity contribution in [1.82, 2.24) is 10.2 Å². The van der Waals surface area contributed by atoms with Crippen LogP contribution in [0.2, 0.25) is 5.02 Å². The molecule has 164 valence electrons. The molecular weight excluding hydrogens is 416 g/mol. The minimum Gasteiger partial charge on any atom is -0.350 e. The summed E-state index contributed by atoms with van der Waals surface area (Å²) in [5.41, 5.74) is 1.47. The molecule has 2 atom stereocenters. The molecule has 2 saturated heterocycles. The van der Waals surface area contributed by atoms with Crippen LogP contribution in [0.1, 0.15) is 28.8 Å². The van der Waals surface area contributed by atoms with Crippen LogP contribution in [0.4, 0.5) is 0 Å². The first-order chi connectivity index (χ1) is 15.1. The van der Waals surface area contributed by atoms with Gasteiger partial charge in [-0.3, -0.25) is 9.59 Å². The van der Waals surface area contributed by atoms with Crippen molar-refractivity contribution in [2.75, 3.05) is 26.3 Å². The van der Waals surface area contributed by atoms with Crippen LogP contribution in [0.15, 0.2) is 54.6 Å². The van der Waals surface area contributed by atoms with E-state index in [4.69, 9.17) is 21.1 Å². The Hall–Kier alpha value is -2.41. The molecule has 2 aliphatic rings. The molecule has 2 amide bonds. The number of ether oxygens (including phenoxy) is 2. The molecule has 2 unspecified atom stereocenters. The van der Waals surface area contributed by atoms with Gasteiger partial charge < -0.3 is 19.7 Å². The Bertz CT molecular complexity index is 884. The Morgan fingerprint density at radius 1 is 1.06 bits per heavy atom. The lowest BCUT2D eigenvalue weighted by molar-refractivity contribution is -0.141. The molecule has 7 heteroatoms. The lowest BCUT2D eigenvalue weighted by atomic mass is 9.95. The number of carbonyl (C=O) groups excluding carboxylic acids is 2. The highest BCUT2D eigenvalue weighted by Gasteiger charge is 2.35. The maximum Gasteiger partial charge on any atom is 0.251 e. The van der Waals surface area contributed by atoms with Gasteiger partial charge in [-0.1, -0.05) is 41.9 Å². The number of hydrogen-bond acceptors (Lipinski definition) is 4. The maximum atomic E-state index is 13.5. The first-order valence-electron chi connectivity index (χ1n) is 10.7. The first kappa shape index (κ1) is 21.8. The van der Waals surface area contributed by atoms with Crippen LogP contribution in [0.5, 0.6) is 0 Å². The van der Waals surface area contributed by atoms with Gasteiger partial charge in [-0.15, -0.1) is 0 Å². The Morgan fingerprint density at radius 3 is 2.48 bits per heavy atom. The summed E-state index contributed by atoms with van der Waals surface area (Å²) in [6.45, 7) is 2.45. The average molecular weight is 443 g/mol. The summed E-state index contributed by atoms with van der Waals surface area (Å²) < 4.78 is 11.3. The average Bonchev–Trinajstić information content (AvgIpc) is 3.34. The molecule has 0 radical (unpaired) electrons. The first-order valence-corrected chi connectivity index (χ1v) is 11.1. The second-order valence-corrected chi connectivity index (χ2v) is 8.46. The van der Waals surface area contributed by atoms with E-state index in [2.05, 4.69) is 5.32 Å². The zero-order chi connectivity index (χ0) is 21.6. The highest BCUT2D eigenvalue weighted by atomic mass is 35.5. The molecule has 1 N–H and O–H groups in total. The SMILES string of the molecule is O=C(NC(Cc1ccccc1)C(=O)N1CCCC(C2OCCO2)C1)c1ccc(Cl)cc1. The largest absolute Gasteiger partial charge is 0.350 e. The van der Waals surface area contributed by atoms with Crippen molar-refractivity contribution < 1.29 is 19.1 Å². The van der Waals surface area contributed by atoms with E-state index in [9.17, 15) is 9.59 Å². The second-order valence-electron chi connectivity index (χ2n) is 8.02. The van der Waals surface area contributed by atoms with Crippen molar-refractivity contribution >= 4 is 23.4 Å². The lowest BCUT2D eigenvalue weighted by Crippen LogP contribution is -2.53. The van der Waals surface area contributed by atoms with Gasteiger partial charge in [0, 0.05) is 36.0 Å². The Kier molecular flexibility index (Phi) is 7.22. The third kappa shape index (κ3) is 5.64. The Balaban J connectivity index is 1.49. The van der Waals surface area contributed by atoms with Crippen LogP contribution in [0.25, 0.3) is 0 Å². The molecule has 6 nitrogen and oxygen atoms in total. The molecule has 0 saturated carbocycles. The van der Waals surface area contributed by atoms with E-state index in [-0.39, 0.29) is 24.0 Å². The summed E-state index contributed by atoms with van der Waals surface area (Å²) >= 11 is 5.94. The third-order valence-corrected chi connectivity index (χ3v) is 6.05. The monoisotopic (exact) mass is 442 g/mol. The van der Waals surface area contributed by atoms with E-state index in [1.54, 1.807) is 24.3 Å². The minimum absolute atomic E-state index is 0.0751. The fraction of sp³-hybridized carbons (Fsp3) is 0.417. The number of amides is 2. The van der Waals surface area contributed by atoms with Crippen LogP contribution in [0, 0.1) is 5.92 Å². The predicted molar refractivity (Wildman–Crippen MR) is 118 cm³/mol. The molecule has 2 aliphatic heterocycles. The van der Waals surface area contributed by atoms with Crippen LogP contribution in [-0.2, 0) is 20.7 Å². The van der Waals surface area contributed by atoms with E-state index in [1.807, 2.05) is 35.2 Å². The van der Waals surface area contributed by atoms with Gasteiger partial charge >= 0.3 is 0 Å². The number of piperidine rings is 1. The van der Waals surface area contributed by atoms with Crippen molar-refractivity contribution in [2.45, 2.75) is 31.6 Å². The summed E-state index contributed by atoms with van der Waals surface area (Å²) in [5.74, 6) is -0.208. The maximum absolute atomic E-state index is 13.5. The number of rotatable bonds is 6. The smallest absolute Gasteiger partial charge is 0.251 e. The lowest BCUT2D eigenvalue weighted by Gasteiger charge is -2.36. The van der Waals surface area contributed by atoms with E-state index in [0.29, 0.717) is 43.3 Å². The molecule has 31 heavy (non-hydrogen) atoms. The van der Waals surface area contributed by atoms with E-state index in [1.165, 1.54) is 0 Å². The van der Waals surface area contributed by atoms with Gasteiger partial charge in [-0.25, -0.2) is 0 Å². The molecule has 0 spiro atoms. The normalized spacial score (nSPS) is 20.4. The Morgan fingerprint density at radius 2 is 1.77 bits per heavy atom. The van der Waals surface area contributed by atoms with Crippen LogP contribution < -0.4 is 5.32 Å². The van der Waals surface area contributed by atoms with Gasteiger partial charge in [-0.05, 0) is 42.7 Å². The number of carbonyl (C=O) groups is 2. The van der Waals surface area contributed by atoms with E-state index in [0.717, 1.165) is 18.4 Å². The number of hydrogen-bond donors (Lipinski definition) is 1. The van der Waals surface area contributed by atoms with E-state index >= 15 is 0 Å². The molecule has 0 aliphatic carbocycles. The van der Waals surface area contributed by atoms with Gasteiger partial charge in [0.25, 0.3) is 5.91 Å². The Labute approximate surface area is 187 Å². The molecule has 2 aromatic rings. The third-order valence-electron chi connectivity index (χ3n) is 5.79. The summed E-state index contributed by atoms with van der Waals surface area (Å²) in [7, 11) is 0. The summed E-state index contributed by atoms with van der Waals surface area (Å²) in [6, 6.07) is 15.7. The molecule has 2 fully saturated rings. The van der Waals surface area contributed by atoms with Crippen LogP contribution in [-0.4, -0.2) is 55.3 Å². The van der Waals surface area contributed by atoms with Crippen molar-refractivity contribution in [3.63, 3.8) is 0 Å². The highest BCUT2D eigenvalue weighted by Crippen LogP contribution is 2.25. The number of halogens is 1.